The summed E-state index contributed by atoms with van der Waals surface area (Å²) in [6.45, 7) is 7.82. The Kier molecular flexibility index (Phi) is 6.31. The molecule has 0 aliphatic carbocycles. The van der Waals surface area contributed by atoms with Crippen LogP contribution in [-0.4, -0.2) is 59.0 Å². The normalized spacial score (nSPS) is 14.4. The van der Waals surface area contributed by atoms with Gasteiger partial charge in [0.25, 0.3) is 0 Å². The lowest BCUT2D eigenvalue weighted by atomic mass is 10.1. The van der Waals surface area contributed by atoms with Gasteiger partial charge < -0.3 is 31.0 Å². The van der Waals surface area contributed by atoms with Gasteiger partial charge >= 0.3 is 6.09 Å². The number of amides is 1. The van der Waals surface area contributed by atoms with Gasteiger partial charge in [-0.15, -0.1) is 0 Å². The lowest BCUT2D eigenvalue weighted by Crippen LogP contribution is -2.50. The molecule has 1 aliphatic rings. The van der Waals surface area contributed by atoms with E-state index in [9.17, 15) is 4.79 Å². The number of halogens is 1. The number of anilines is 4. The number of ether oxygens (including phenoxy) is 1. The monoisotopic (exact) mass is 431 g/mol. The molecule has 1 aromatic heterocycles. The van der Waals surface area contributed by atoms with Crippen molar-refractivity contribution in [2.75, 3.05) is 42.1 Å². The minimum absolute atomic E-state index is 0.118. The zero-order valence-corrected chi connectivity index (χ0v) is 18.0. The van der Waals surface area contributed by atoms with Crippen LogP contribution in [0.25, 0.3) is 0 Å². The predicted octanol–water partition coefficient (Wildman–Crippen LogP) is 3.51. The van der Waals surface area contributed by atoms with Crippen molar-refractivity contribution in [2.24, 2.45) is 0 Å². The van der Waals surface area contributed by atoms with Crippen molar-refractivity contribution >= 4 is 46.9 Å². The van der Waals surface area contributed by atoms with E-state index < -0.39 is 5.60 Å². The Balaban J connectivity index is 1.69. The molecule has 1 saturated heterocycles. The first-order chi connectivity index (χ1) is 14.1. The molecule has 3 rings (SSSR count). The number of hydrogen-bond donors (Lipinski definition) is 3. The number of hydrogen-bond acceptors (Lipinski definition) is 8. The van der Waals surface area contributed by atoms with Gasteiger partial charge in [0.05, 0.1) is 0 Å². The summed E-state index contributed by atoms with van der Waals surface area (Å²) < 4.78 is 5.44. The van der Waals surface area contributed by atoms with Gasteiger partial charge in [-0.3, -0.25) is 0 Å². The summed E-state index contributed by atoms with van der Waals surface area (Å²) in [6.07, 6.45) is 0.888. The SMILES string of the molecule is CC(C)(C)OC(=O)N1CCN(c2cc(Nc3ccc(N)c(C=N)c3)nc(Cl)n2)CC1. The molecular formula is C20H26ClN7O2. The highest BCUT2D eigenvalue weighted by Gasteiger charge is 2.26. The zero-order chi connectivity index (χ0) is 21.9. The molecule has 1 aromatic carbocycles. The second kappa shape index (κ2) is 8.74. The molecular weight excluding hydrogens is 406 g/mol. The molecule has 2 aromatic rings. The van der Waals surface area contributed by atoms with Gasteiger partial charge in [-0.2, -0.15) is 0 Å². The Morgan fingerprint density at radius 3 is 2.57 bits per heavy atom. The average Bonchev–Trinajstić information content (AvgIpc) is 2.68. The van der Waals surface area contributed by atoms with Crippen LogP contribution in [0.3, 0.4) is 0 Å². The first-order valence-electron chi connectivity index (χ1n) is 9.59. The Morgan fingerprint density at radius 1 is 1.23 bits per heavy atom. The number of rotatable bonds is 4. The molecule has 30 heavy (non-hydrogen) atoms. The van der Waals surface area contributed by atoms with E-state index >= 15 is 0 Å². The maximum atomic E-state index is 12.2. The summed E-state index contributed by atoms with van der Waals surface area (Å²) in [5, 5.41) is 10.7. The first kappa shape index (κ1) is 21.6. The Morgan fingerprint density at radius 2 is 1.93 bits per heavy atom. The third-order valence-corrected chi connectivity index (χ3v) is 4.62. The predicted molar refractivity (Wildman–Crippen MR) is 119 cm³/mol. The molecule has 1 aliphatic heterocycles. The molecule has 160 valence electrons. The van der Waals surface area contributed by atoms with E-state index in [1.807, 2.05) is 25.7 Å². The molecule has 2 heterocycles. The quantitative estimate of drug-likeness (QED) is 0.384. The molecule has 0 atom stereocenters. The Hall–Kier alpha value is -3.07. The lowest BCUT2D eigenvalue weighted by molar-refractivity contribution is 0.0240. The van der Waals surface area contributed by atoms with Gasteiger partial charge in [-0.1, -0.05) is 0 Å². The average molecular weight is 432 g/mol. The number of benzene rings is 1. The number of nitrogens with one attached hydrogen (secondary N) is 2. The van der Waals surface area contributed by atoms with E-state index in [-0.39, 0.29) is 11.4 Å². The molecule has 0 unspecified atom stereocenters. The third kappa shape index (κ3) is 5.50. The van der Waals surface area contributed by atoms with Gasteiger partial charge in [-0.25, -0.2) is 14.8 Å². The van der Waals surface area contributed by atoms with Crippen LogP contribution < -0.4 is 16.0 Å². The van der Waals surface area contributed by atoms with Gasteiger partial charge in [0.1, 0.15) is 17.2 Å². The number of piperazine rings is 1. The molecule has 1 amide bonds. The molecule has 10 heteroatoms. The largest absolute Gasteiger partial charge is 0.444 e. The topological polar surface area (TPSA) is 120 Å². The summed E-state index contributed by atoms with van der Waals surface area (Å²) in [5.41, 5.74) is 7.19. The van der Waals surface area contributed by atoms with Crippen LogP contribution in [-0.2, 0) is 4.74 Å². The van der Waals surface area contributed by atoms with Crippen molar-refractivity contribution in [3.63, 3.8) is 0 Å². The van der Waals surface area contributed by atoms with E-state index in [1.54, 1.807) is 29.2 Å². The first-order valence-corrected chi connectivity index (χ1v) is 9.97. The number of nitrogens with zero attached hydrogens (tertiary/aromatic N) is 4. The molecule has 9 nitrogen and oxygen atoms in total. The van der Waals surface area contributed by atoms with Crippen LogP contribution in [0.1, 0.15) is 26.3 Å². The van der Waals surface area contributed by atoms with Crippen LogP contribution in [0.4, 0.5) is 27.8 Å². The van der Waals surface area contributed by atoms with Crippen LogP contribution >= 0.6 is 11.6 Å². The highest BCUT2D eigenvalue weighted by molar-refractivity contribution is 6.28. The zero-order valence-electron chi connectivity index (χ0n) is 17.3. The summed E-state index contributed by atoms with van der Waals surface area (Å²) >= 11 is 6.14. The molecule has 0 bridgehead atoms. The number of carbonyl (C=O) groups excluding carboxylic acids is 1. The third-order valence-electron chi connectivity index (χ3n) is 4.46. The maximum absolute atomic E-state index is 12.2. The number of aromatic nitrogens is 2. The van der Waals surface area contributed by atoms with E-state index in [0.717, 1.165) is 5.69 Å². The van der Waals surface area contributed by atoms with E-state index in [0.29, 0.717) is 49.1 Å². The van der Waals surface area contributed by atoms with Gasteiger partial charge in [-0.05, 0) is 50.6 Å². The van der Waals surface area contributed by atoms with Crippen LogP contribution in [0.5, 0.6) is 0 Å². The molecule has 0 spiro atoms. The fourth-order valence-electron chi connectivity index (χ4n) is 3.00. The summed E-state index contributed by atoms with van der Waals surface area (Å²) in [6, 6.07) is 7.09. The Bertz CT molecular complexity index is 937. The second-order valence-corrected chi connectivity index (χ2v) is 8.29. The van der Waals surface area contributed by atoms with Crippen LogP contribution in [0.2, 0.25) is 5.28 Å². The van der Waals surface area contributed by atoms with Crippen LogP contribution in [0.15, 0.2) is 24.3 Å². The minimum Gasteiger partial charge on any atom is -0.444 e. The van der Waals surface area contributed by atoms with Gasteiger partial charge in [0.15, 0.2) is 0 Å². The van der Waals surface area contributed by atoms with Crippen molar-refractivity contribution in [3.05, 3.63) is 35.1 Å². The summed E-state index contributed by atoms with van der Waals surface area (Å²) in [5.74, 6) is 1.20. The fourth-order valence-corrected chi connectivity index (χ4v) is 3.18. The van der Waals surface area contributed by atoms with E-state index in [4.69, 9.17) is 27.5 Å². The number of carbonyl (C=O) groups is 1. The smallest absolute Gasteiger partial charge is 0.410 e. The number of nitrogens with two attached hydrogens (primary N) is 1. The number of nitrogen functional groups attached to an aromatic ring is 1. The highest BCUT2D eigenvalue weighted by Crippen LogP contribution is 2.24. The van der Waals surface area contributed by atoms with Crippen molar-refractivity contribution in [1.29, 1.82) is 5.41 Å². The molecule has 0 saturated carbocycles. The van der Waals surface area contributed by atoms with Gasteiger partial charge in [0.2, 0.25) is 5.28 Å². The van der Waals surface area contributed by atoms with Crippen molar-refractivity contribution in [1.82, 2.24) is 14.9 Å². The van der Waals surface area contributed by atoms with Gasteiger partial charge in [0, 0.05) is 55.4 Å². The van der Waals surface area contributed by atoms with Crippen molar-refractivity contribution < 1.29 is 9.53 Å². The lowest BCUT2D eigenvalue weighted by Gasteiger charge is -2.36. The van der Waals surface area contributed by atoms with Crippen molar-refractivity contribution in [3.8, 4) is 0 Å². The summed E-state index contributed by atoms with van der Waals surface area (Å²) in [7, 11) is 0. The molecule has 0 radical (unpaired) electrons. The Labute approximate surface area is 180 Å². The molecule has 1 fully saturated rings. The maximum Gasteiger partial charge on any atom is 0.410 e. The summed E-state index contributed by atoms with van der Waals surface area (Å²) in [4.78, 5) is 24.5. The second-order valence-electron chi connectivity index (χ2n) is 7.95. The standard InChI is InChI=1S/C20H26ClN7O2/c1-20(2,3)30-19(29)28-8-6-27(7-9-28)17-11-16(25-18(21)26-17)24-14-4-5-15(23)13(10-14)12-22/h4-5,10-12,22H,6-9,23H2,1-3H3,(H,24,25,26). The molecule has 4 N–H and O–H groups in total. The van der Waals surface area contributed by atoms with Crippen molar-refractivity contribution in [2.45, 2.75) is 26.4 Å². The highest BCUT2D eigenvalue weighted by atomic mass is 35.5. The fraction of sp³-hybridized carbons (Fsp3) is 0.400. The van der Waals surface area contributed by atoms with Crippen LogP contribution in [0, 0.1) is 5.41 Å². The van der Waals surface area contributed by atoms with E-state index in [1.165, 1.54) is 6.21 Å². The van der Waals surface area contributed by atoms with E-state index in [2.05, 4.69) is 15.3 Å². The minimum atomic E-state index is -0.519.